The van der Waals surface area contributed by atoms with Gasteiger partial charge in [0.1, 0.15) is 0 Å². The van der Waals surface area contributed by atoms with Gasteiger partial charge < -0.3 is 1.43 Å². The van der Waals surface area contributed by atoms with Gasteiger partial charge in [0.15, 0.2) is 0 Å². The van der Waals surface area contributed by atoms with Crippen molar-refractivity contribution < 1.29 is 82.5 Å². The quantitative estimate of drug-likeness (QED) is 0.257. The molecule has 0 aliphatic rings. The molecular weight excluding hydrogens is 274 g/mol. The molecule has 0 heterocycles. The van der Waals surface area contributed by atoms with Crippen LogP contribution in [0.15, 0.2) is 0 Å². The monoisotopic (exact) mass is 278 g/mol. The van der Waals surface area contributed by atoms with E-state index in [1.807, 2.05) is 0 Å². The first-order valence-electron chi connectivity index (χ1n) is 1.40. The van der Waals surface area contributed by atoms with Crippen LogP contribution in [-0.2, 0) is 37.3 Å². The molecule has 0 amide bonds. The van der Waals surface area contributed by atoms with E-state index in [2.05, 4.69) is 0 Å². The van der Waals surface area contributed by atoms with Gasteiger partial charge in [-0.2, -0.15) is 16.8 Å². The fourth-order valence-corrected chi connectivity index (χ4v) is 0. The third-order valence-corrected chi connectivity index (χ3v) is 0. The Labute approximate surface area is 103 Å². The number of hydrogen-bond donors (Lipinski definition) is 4. The summed E-state index contributed by atoms with van der Waals surface area (Å²) in [6, 6.07) is 0. The normalized spacial score (nSPS) is 9.67. The zero-order chi connectivity index (χ0) is 9.00. The van der Waals surface area contributed by atoms with Gasteiger partial charge in [0, 0.05) is 16.5 Å². The molecule has 8 nitrogen and oxygen atoms in total. The van der Waals surface area contributed by atoms with Crippen molar-refractivity contribution in [2.75, 3.05) is 0 Å². The van der Waals surface area contributed by atoms with Gasteiger partial charge in [-0.05, 0) is 0 Å². The van der Waals surface area contributed by atoms with Gasteiger partial charge in [-0.15, -0.1) is 0 Å². The van der Waals surface area contributed by atoms with Crippen molar-refractivity contribution in [1.29, 1.82) is 0 Å². The molecule has 0 aromatic heterocycles. The number of hydrogen-bond acceptors (Lipinski definition) is 4. The largest absolute Gasteiger partial charge is 1.00 e. The maximum absolute atomic E-state index is 8.74. The molecule has 0 radical (unpaired) electrons. The minimum absolute atomic E-state index is 0. The molecule has 76 valence electrons. The molecule has 4 N–H and O–H groups in total. The van der Waals surface area contributed by atoms with Gasteiger partial charge >= 0.3 is 50.4 Å². The predicted molar refractivity (Wildman–Crippen MR) is 29.5 cm³/mol. The molecule has 0 fully saturated rings. The fourth-order valence-electron chi connectivity index (χ4n) is 0. The Bertz CT molecular complexity index is 219. The second-order valence-electron chi connectivity index (χ2n) is 0.896. The summed E-state index contributed by atoms with van der Waals surface area (Å²) in [6.45, 7) is 0. The van der Waals surface area contributed by atoms with Crippen molar-refractivity contribution in [3.63, 3.8) is 0 Å². The fraction of sp³-hybridized carbons (Fsp3) is 0. The molecule has 0 aromatic carbocycles. The first-order chi connectivity index (χ1) is 4.00. The zero-order valence-electron chi connectivity index (χ0n) is 6.55. The van der Waals surface area contributed by atoms with Gasteiger partial charge in [-0.25, -0.2) is 0 Å². The molecule has 0 bridgehead atoms. The Balaban J connectivity index is -0.0000000267. The van der Waals surface area contributed by atoms with E-state index in [1.54, 1.807) is 0 Å². The van der Waals surface area contributed by atoms with Crippen molar-refractivity contribution in [1.82, 2.24) is 0 Å². The van der Waals surface area contributed by atoms with E-state index < -0.39 is 20.8 Å². The van der Waals surface area contributed by atoms with Crippen LogP contribution in [0.1, 0.15) is 1.43 Å². The molecule has 0 spiro atoms. The van der Waals surface area contributed by atoms with E-state index in [1.165, 1.54) is 0 Å². The second kappa shape index (κ2) is 8.82. The zero-order valence-corrected chi connectivity index (χ0v) is 10.2. The van der Waals surface area contributed by atoms with Crippen molar-refractivity contribution >= 4 is 20.8 Å². The van der Waals surface area contributed by atoms with Crippen molar-refractivity contribution in [2.45, 2.75) is 0 Å². The molecule has 0 aromatic rings. The predicted octanol–water partition coefficient (Wildman–Crippen LogP) is -4.19. The van der Waals surface area contributed by atoms with Crippen LogP contribution >= 0.6 is 0 Å². The molecule has 12 heteroatoms. The Morgan fingerprint density at radius 3 is 0.750 bits per heavy atom. The molecule has 0 aliphatic carbocycles. The van der Waals surface area contributed by atoms with E-state index in [9.17, 15) is 0 Å². The Morgan fingerprint density at radius 2 is 0.750 bits per heavy atom. The third kappa shape index (κ3) is 773. The summed E-state index contributed by atoms with van der Waals surface area (Å²) >= 11 is 0. The van der Waals surface area contributed by atoms with Gasteiger partial charge in [-0.3, -0.25) is 18.2 Å². The van der Waals surface area contributed by atoms with Crippen LogP contribution < -0.4 is 29.6 Å². The summed E-state index contributed by atoms with van der Waals surface area (Å²) in [4.78, 5) is 0. The first-order valence-corrected chi connectivity index (χ1v) is 4.19. The average Bonchev–Trinajstić information content (AvgIpc) is 1.12. The SMILES string of the molecule is O=S(=O)(O)O.O=S(=O)(O)O.[H-].[Na+].[Ni]. The maximum Gasteiger partial charge on any atom is 1.00 e. The Hall–Kier alpha value is 1.23. The standard InChI is InChI=1S/Na.Ni.2H2O4S.H/c;;2*1-5(2,3)4;/h;;2*(H2,1,2,3,4);/q+1;;;;-1. The second-order valence-corrected chi connectivity index (χ2v) is 2.69. The van der Waals surface area contributed by atoms with Crippen LogP contribution in [0.4, 0.5) is 0 Å². The van der Waals surface area contributed by atoms with Crippen molar-refractivity contribution in [2.24, 2.45) is 0 Å². The maximum atomic E-state index is 8.74. The minimum atomic E-state index is -4.67. The van der Waals surface area contributed by atoms with Crippen LogP contribution in [0.5, 0.6) is 0 Å². The summed E-state index contributed by atoms with van der Waals surface area (Å²) in [5.74, 6) is 0. The van der Waals surface area contributed by atoms with Gasteiger partial charge in [0.2, 0.25) is 0 Å². The van der Waals surface area contributed by atoms with E-state index in [0.29, 0.717) is 0 Å². The first kappa shape index (κ1) is 23.2. The summed E-state index contributed by atoms with van der Waals surface area (Å²) in [7, 11) is -9.33. The molecule has 0 saturated heterocycles. The molecule has 12 heavy (non-hydrogen) atoms. The van der Waals surface area contributed by atoms with Crippen LogP contribution in [0, 0.1) is 0 Å². The van der Waals surface area contributed by atoms with Gasteiger partial charge in [0.25, 0.3) is 0 Å². The van der Waals surface area contributed by atoms with Gasteiger partial charge in [-0.1, -0.05) is 0 Å². The summed E-state index contributed by atoms with van der Waals surface area (Å²) in [5, 5.41) is 0. The average molecular weight is 279 g/mol. The molecule has 0 atom stereocenters. The van der Waals surface area contributed by atoms with E-state index in [-0.39, 0.29) is 47.5 Å². The minimum Gasteiger partial charge on any atom is -1.00 e. The molecular formula is H5NaNiO8S2. The smallest absolute Gasteiger partial charge is 1.00 e. The van der Waals surface area contributed by atoms with Gasteiger partial charge in [0.05, 0.1) is 0 Å². The van der Waals surface area contributed by atoms with Crippen molar-refractivity contribution in [3.05, 3.63) is 0 Å². The van der Waals surface area contributed by atoms with Crippen molar-refractivity contribution in [3.8, 4) is 0 Å². The third-order valence-electron chi connectivity index (χ3n) is 0. The molecule has 0 saturated carbocycles. The molecule has 0 unspecified atom stereocenters. The molecule has 0 aliphatic heterocycles. The van der Waals surface area contributed by atoms with E-state index >= 15 is 0 Å². The Kier molecular flexibility index (Phi) is 17.1. The van der Waals surface area contributed by atoms with Crippen LogP contribution in [-0.4, -0.2) is 35.0 Å². The van der Waals surface area contributed by atoms with Crippen LogP contribution in [0.3, 0.4) is 0 Å². The van der Waals surface area contributed by atoms with E-state index in [0.717, 1.165) is 0 Å². The molecule has 0 rings (SSSR count). The summed E-state index contributed by atoms with van der Waals surface area (Å²) < 4.78 is 63.2. The summed E-state index contributed by atoms with van der Waals surface area (Å²) in [5.41, 5.74) is 0. The van der Waals surface area contributed by atoms with Crippen LogP contribution in [0.25, 0.3) is 0 Å². The summed E-state index contributed by atoms with van der Waals surface area (Å²) in [6.07, 6.45) is 0. The van der Waals surface area contributed by atoms with Crippen LogP contribution in [0.2, 0.25) is 0 Å². The Morgan fingerprint density at radius 1 is 0.750 bits per heavy atom. The van der Waals surface area contributed by atoms with E-state index in [4.69, 9.17) is 35.0 Å². The number of rotatable bonds is 0. The topological polar surface area (TPSA) is 149 Å².